The summed E-state index contributed by atoms with van der Waals surface area (Å²) >= 11 is 0. The number of nitro benzene ring substituents is 1. The van der Waals surface area contributed by atoms with Crippen LogP contribution < -0.4 is 0 Å². The Morgan fingerprint density at radius 3 is 2.48 bits per heavy atom. The van der Waals surface area contributed by atoms with E-state index in [9.17, 15) is 20.0 Å². The average Bonchev–Trinajstić information content (AvgIpc) is 3.19. The minimum atomic E-state index is -0.542. The van der Waals surface area contributed by atoms with Crippen LogP contribution in [0.25, 0.3) is 0 Å². The van der Waals surface area contributed by atoms with E-state index in [0.717, 1.165) is 5.56 Å². The van der Waals surface area contributed by atoms with Crippen molar-refractivity contribution in [3.05, 3.63) is 106 Å². The van der Waals surface area contributed by atoms with Gasteiger partial charge in [-0.2, -0.15) is 5.10 Å². The topological polar surface area (TPSA) is 96.0 Å². The monoisotopic (exact) mass is 387 g/mol. The maximum Gasteiger partial charge on any atom is 0.274 e. The number of nitro groups is 1. The molecule has 4 rings (SSSR count). The van der Waals surface area contributed by atoms with Crippen molar-refractivity contribution in [1.29, 1.82) is 0 Å². The lowest BCUT2D eigenvalue weighted by Crippen LogP contribution is -2.27. The van der Waals surface area contributed by atoms with Gasteiger partial charge in [-0.25, -0.2) is 5.01 Å². The van der Waals surface area contributed by atoms with Gasteiger partial charge < -0.3 is 5.11 Å². The van der Waals surface area contributed by atoms with Crippen LogP contribution in [0.4, 0.5) is 5.69 Å². The van der Waals surface area contributed by atoms with Crippen LogP contribution in [0, 0.1) is 10.1 Å². The number of hydrazone groups is 1. The highest BCUT2D eigenvalue weighted by atomic mass is 16.6. The molecular weight excluding hydrogens is 370 g/mol. The van der Waals surface area contributed by atoms with Gasteiger partial charge in [-0.3, -0.25) is 14.9 Å². The number of amides is 1. The van der Waals surface area contributed by atoms with Crippen LogP contribution in [0.5, 0.6) is 5.75 Å². The molecule has 1 amide bonds. The number of phenols is 1. The van der Waals surface area contributed by atoms with Crippen molar-refractivity contribution in [2.24, 2.45) is 5.10 Å². The summed E-state index contributed by atoms with van der Waals surface area (Å²) in [7, 11) is 0. The van der Waals surface area contributed by atoms with E-state index in [0.29, 0.717) is 17.7 Å². The van der Waals surface area contributed by atoms with Gasteiger partial charge in [0.1, 0.15) is 5.75 Å². The number of carbonyl (C=O) groups is 1. The third-order valence-electron chi connectivity index (χ3n) is 4.83. The number of aromatic hydroxyl groups is 1. The smallest absolute Gasteiger partial charge is 0.274 e. The summed E-state index contributed by atoms with van der Waals surface area (Å²) in [5.74, 6) is -0.397. The van der Waals surface area contributed by atoms with Crippen molar-refractivity contribution < 1.29 is 14.8 Å². The van der Waals surface area contributed by atoms with E-state index in [2.05, 4.69) is 5.10 Å². The zero-order chi connectivity index (χ0) is 20.4. The maximum atomic E-state index is 13.2. The lowest BCUT2D eigenvalue weighted by Gasteiger charge is -2.22. The van der Waals surface area contributed by atoms with Crippen molar-refractivity contribution in [3.8, 4) is 5.75 Å². The van der Waals surface area contributed by atoms with Gasteiger partial charge in [0.15, 0.2) is 0 Å². The number of hydrogen-bond donors (Lipinski definition) is 1. The molecule has 0 aromatic heterocycles. The lowest BCUT2D eigenvalue weighted by molar-refractivity contribution is -0.384. The highest BCUT2D eigenvalue weighted by molar-refractivity contribution is 6.05. The zero-order valence-corrected chi connectivity index (χ0v) is 15.3. The van der Waals surface area contributed by atoms with Gasteiger partial charge in [-0.1, -0.05) is 54.6 Å². The summed E-state index contributed by atoms with van der Waals surface area (Å²) in [6, 6.07) is 21.3. The second-order valence-electron chi connectivity index (χ2n) is 6.65. The first-order valence-corrected chi connectivity index (χ1v) is 9.03. The van der Waals surface area contributed by atoms with Gasteiger partial charge in [-0.05, 0) is 17.7 Å². The molecule has 7 heteroatoms. The molecule has 144 valence electrons. The van der Waals surface area contributed by atoms with Crippen molar-refractivity contribution in [1.82, 2.24) is 5.01 Å². The fraction of sp³-hybridized carbons (Fsp3) is 0.0909. The van der Waals surface area contributed by atoms with Crippen molar-refractivity contribution >= 4 is 17.3 Å². The maximum absolute atomic E-state index is 13.2. The van der Waals surface area contributed by atoms with Crippen LogP contribution in [-0.2, 0) is 0 Å². The summed E-state index contributed by atoms with van der Waals surface area (Å²) in [5, 5.41) is 27.3. The molecule has 1 N–H and O–H groups in total. The fourth-order valence-electron chi connectivity index (χ4n) is 3.40. The van der Waals surface area contributed by atoms with Crippen LogP contribution in [0.15, 0.2) is 84.0 Å². The van der Waals surface area contributed by atoms with E-state index in [1.165, 1.54) is 29.3 Å². The van der Waals surface area contributed by atoms with E-state index < -0.39 is 16.9 Å². The third-order valence-corrected chi connectivity index (χ3v) is 4.83. The van der Waals surface area contributed by atoms with Gasteiger partial charge >= 0.3 is 0 Å². The molecule has 0 unspecified atom stereocenters. The summed E-state index contributed by atoms with van der Waals surface area (Å²) in [4.78, 5) is 23.8. The molecule has 0 spiro atoms. The predicted molar refractivity (Wildman–Crippen MR) is 108 cm³/mol. The van der Waals surface area contributed by atoms with Crippen molar-refractivity contribution in [3.63, 3.8) is 0 Å². The van der Waals surface area contributed by atoms with Gasteiger partial charge in [0, 0.05) is 29.7 Å². The van der Waals surface area contributed by atoms with Gasteiger partial charge in [0.2, 0.25) is 0 Å². The average molecular weight is 387 g/mol. The van der Waals surface area contributed by atoms with E-state index in [-0.39, 0.29) is 17.0 Å². The molecule has 1 aliphatic heterocycles. The predicted octanol–water partition coefficient (Wildman–Crippen LogP) is 4.29. The number of non-ortho nitro benzene ring substituents is 1. The molecule has 1 aliphatic rings. The first-order valence-electron chi connectivity index (χ1n) is 9.03. The van der Waals surface area contributed by atoms with Gasteiger partial charge in [0.05, 0.1) is 16.7 Å². The van der Waals surface area contributed by atoms with Crippen LogP contribution in [0.3, 0.4) is 0 Å². The summed E-state index contributed by atoms with van der Waals surface area (Å²) in [6.07, 6.45) is 0.419. The number of carbonyl (C=O) groups excluding carboxylic acids is 1. The molecule has 0 saturated heterocycles. The van der Waals surface area contributed by atoms with Crippen molar-refractivity contribution in [2.75, 3.05) is 0 Å². The Hall–Kier alpha value is -4.00. The first-order chi connectivity index (χ1) is 14.0. The summed E-state index contributed by atoms with van der Waals surface area (Å²) < 4.78 is 0. The molecular formula is C22H17N3O4. The zero-order valence-electron chi connectivity index (χ0n) is 15.3. The summed E-state index contributed by atoms with van der Waals surface area (Å²) in [6.45, 7) is 0. The highest BCUT2D eigenvalue weighted by Crippen LogP contribution is 2.37. The van der Waals surface area contributed by atoms with E-state index in [4.69, 9.17) is 0 Å². The minimum absolute atomic E-state index is 0.0684. The van der Waals surface area contributed by atoms with E-state index in [1.807, 2.05) is 30.3 Å². The molecule has 29 heavy (non-hydrogen) atoms. The largest absolute Gasteiger partial charge is 0.508 e. The highest BCUT2D eigenvalue weighted by Gasteiger charge is 2.35. The molecule has 0 saturated carbocycles. The fourth-order valence-corrected chi connectivity index (χ4v) is 3.40. The molecule has 1 heterocycles. The third kappa shape index (κ3) is 3.58. The van der Waals surface area contributed by atoms with Crippen LogP contribution in [0.1, 0.15) is 33.9 Å². The van der Waals surface area contributed by atoms with E-state index in [1.54, 1.807) is 24.3 Å². The second kappa shape index (κ2) is 7.55. The molecule has 7 nitrogen and oxygen atoms in total. The SMILES string of the molecule is O=C(c1cccc([N+](=O)[O-])c1)N1N=C(c2ccccc2)C[C@H]1c1ccccc1O. The number of nitrogens with zero attached hydrogens (tertiary/aromatic N) is 3. The number of rotatable bonds is 4. The second-order valence-corrected chi connectivity index (χ2v) is 6.65. The Bertz CT molecular complexity index is 1110. The Morgan fingerprint density at radius 2 is 1.76 bits per heavy atom. The Labute approximate surface area is 166 Å². The summed E-state index contributed by atoms with van der Waals surface area (Å²) in [5.41, 5.74) is 2.15. The molecule has 0 fully saturated rings. The number of phenolic OH excluding ortho intramolecular Hbond substituents is 1. The molecule has 0 aliphatic carbocycles. The van der Waals surface area contributed by atoms with Crippen LogP contribution in [-0.4, -0.2) is 26.7 Å². The molecule has 1 atom stereocenters. The minimum Gasteiger partial charge on any atom is -0.508 e. The Morgan fingerprint density at radius 1 is 1.03 bits per heavy atom. The Balaban J connectivity index is 1.76. The van der Waals surface area contributed by atoms with Crippen LogP contribution >= 0.6 is 0 Å². The molecule has 0 radical (unpaired) electrons. The van der Waals surface area contributed by atoms with Gasteiger partial charge in [-0.15, -0.1) is 0 Å². The number of para-hydroxylation sites is 1. The standard InChI is InChI=1S/C22H17N3O4/c26-21-12-5-4-11-18(21)20-14-19(15-7-2-1-3-8-15)23-24(20)22(27)16-9-6-10-17(13-16)25(28)29/h1-13,20,26H,14H2/t20-/m0/s1. The van der Waals surface area contributed by atoms with E-state index >= 15 is 0 Å². The normalized spacial score (nSPS) is 15.8. The quantitative estimate of drug-likeness (QED) is 0.533. The molecule has 3 aromatic carbocycles. The number of hydrogen-bond acceptors (Lipinski definition) is 5. The lowest BCUT2D eigenvalue weighted by atomic mass is 9.97. The van der Waals surface area contributed by atoms with Gasteiger partial charge in [0.25, 0.3) is 11.6 Å². The molecule has 3 aromatic rings. The molecule has 0 bridgehead atoms. The Kier molecular flexibility index (Phi) is 4.78. The first kappa shape index (κ1) is 18.4. The number of benzene rings is 3. The van der Waals surface area contributed by atoms with Crippen molar-refractivity contribution in [2.45, 2.75) is 12.5 Å². The van der Waals surface area contributed by atoms with Crippen LogP contribution in [0.2, 0.25) is 0 Å².